The fourth-order valence-electron chi connectivity index (χ4n) is 4.55. The van der Waals surface area contributed by atoms with E-state index < -0.39 is 17.7 Å². The van der Waals surface area contributed by atoms with E-state index in [1.54, 1.807) is 6.07 Å². The first-order valence-corrected chi connectivity index (χ1v) is 10.9. The molecule has 1 atom stereocenters. The molecule has 0 radical (unpaired) electrons. The molecule has 6 rings (SSSR count). The van der Waals surface area contributed by atoms with Crippen LogP contribution in [0.5, 0.6) is 0 Å². The van der Waals surface area contributed by atoms with Crippen molar-refractivity contribution in [1.29, 1.82) is 0 Å². The number of H-pyrrole nitrogens is 1. The third-order valence-electron chi connectivity index (χ3n) is 6.19. The summed E-state index contributed by atoms with van der Waals surface area (Å²) in [6.45, 7) is 0. The summed E-state index contributed by atoms with van der Waals surface area (Å²) in [5, 5.41) is 13.3. The highest BCUT2D eigenvalue weighted by atomic mass is 16.3. The summed E-state index contributed by atoms with van der Waals surface area (Å²) in [6.07, 6.45) is 0. The quantitative estimate of drug-likeness (QED) is 0.223. The summed E-state index contributed by atoms with van der Waals surface area (Å²) in [4.78, 5) is 35.7. The maximum Gasteiger partial charge on any atom is 0.302 e. The van der Waals surface area contributed by atoms with Crippen molar-refractivity contribution in [3.8, 4) is 0 Å². The molecule has 1 unspecified atom stereocenters. The number of aliphatic hydroxyl groups excluding tert-OH is 1. The van der Waals surface area contributed by atoms with Gasteiger partial charge in [0.05, 0.1) is 22.6 Å². The number of anilines is 1. The van der Waals surface area contributed by atoms with Crippen molar-refractivity contribution in [2.75, 3.05) is 4.90 Å². The first-order valence-electron chi connectivity index (χ1n) is 10.9. The van der Waals surface area contributed by atoms with Crippen LogP contribution in [0.2, 0.25) is 0 Å². The highest BCUT2D eigenvalue weighted by Crippen LogP contribution is 2.41. The fourth-order valence-corrected chi connectivity index (χ4v) is 4.55. The predicted molar refractivity (Wildman–Crippen MR) is 131 cm³/mol. The number of rotatable bonds is 3. The van der Waals surface area contributed by atoms with Crippen LogP contribution < -0.4 is 4.90 Å². The van der Waals surface area contributed by atoms with Gasteiger partial charge in [-0.25, -0.2) is 4.98 Å². The number of nitrogens with zero attached hydrogens (tertiary/aromatic N) is 2. The molecular formula is C28H19N3O3. The van der Waals surface area contributed by atoms with E-state index in [2.05, 4.69) is 9.97 Å². The van der Waals surface area contributed by atoms with E-state index >= 15 is 0 Å². The number of ketones is 1. The number of hydrogen-bond donors (Lipinski definition) is 2. The number of aromatic nitrogens is 2. The number of nitrogens with one attached hydrogen (secondary N) is 1. The first-order chi connectivity index (χ1) is 16.6. The SMILES string of the molecule is O=C1C(=O)N(c2nc3ccccc3[nH]2)C(c2ccccc2)/C1=C(\O)c1ccc2ccccc2c1. The maximum atomic E-state index is 13.3. The molecule has 34 heavy (non-hydrogen) atoms. The van der Waals surface area contributed by atoms with Crippen molar-refractivity contribution in [3.05, 3.63) is 114 Å². The summed E-state index contributed by atoms with van der Waals surface area (Å²) in [7, 11) is 0. The Morgan fingerprint density at radius 2 is 1.53 bits per heavy atom. The minimum absolute atomic E-state index is 0.0342. The largest absolute Gasteiger partial charge is 0.507 e. The number of hydrogen-bond acceptors (Lipinski definition) is 4. The highest BCUT2D eigenvalue weighted by molar-refractivity contribution is 6.51. The summed E-state index contributed by atoms with van der Waals surface area (Å²) >= 11 is 0. The van der Waals surface area contributed by atoms with Gasteiger partial charge in [0.1, 0.15) is 5.76 Å². The smallest absolute Gasteiger partial charge is 0.302 e. The summed E-state index contributed by atoms with van der Waals surface area (Å²) < 4.78 is 0. The lowest BCUT2D eigenvalue weighted by molar-refractivity contribution is -0.132. The van der Waals surface area contributed by atoms with E-state index in [1.807, 2.05) is 91.0 Å². The molecule has 1 fully saturated rings. The Labute approximate surface area is 194 Å². The number of fused-ring (bicyclic) bond motifs is 2. The zero-order chi connectivity index (χ0) is 23.2. The van der Waals surface area contributed by atoms with Gasteiger partial charge in [-0.15, -0.1) is 0 Å². The van der Waals surface area contributed by atoms with E-state index in [0.717, 1.165) is 16.3 Å². The Bertz CT molecular complexity index is 1590. The van der Waals surface area contributed by atoms with Crippen molar-refractivity contribution in [3.63, 3.8) is 0 Å². The molecule has 1 saturated heterocycles. The van der Waals surface area contributed by atoms with Crippen molar-refractivity contribution in [2.45, 2.75) is 6.04 Å². The molecule has 0 bridgehead atoms. The number of amides is 1. The van der Waals surface area contributed by atoms with Gasteiger partial charge in [-0.05, 0) is 34.5 Å². The van der Waals surface area contributed by atoms with Crippen LogP contribution in [0.25, 0.3) is 27.6 Å². The van der Waals surface area contributed by atoms with Gasteiger partial charge < -0.3 is 10.1 Å². The number of imidazole rings is 1. The molecule has 0 saturated carbocycles. The van der Waals surface area contributed by atoms with Gasteiger partial charge >= 0.3 is 5.91 Å². The van der Waals surface area contributed by atoms with Crippen molar-refractivity contribution in [2.24, 2.45) is 0 Å². The lowest BCUT2D eigenvalue weighted by atomic mass is 9.94. The number of aromatic amines is 1. The molecule has 2 N–H and O–H groups in total. The highest BCUT2D eigenvalue weighted by Gasteiger charge is 2.48. The second-order valence-corrected chi connectivity index (χ2v) is 8.22. The van der Waals surface area contributed by atoms with E-state index in [4.69, 9.17) is 0 Å². The molecule has 164 valence electrons. The monoisotopic (exact) mass is 445 g/mol. The van der Waals surface area contributed by atoms with Crippen molar-refractivity contribution in [1.82, 2.24) is 9.97 Å². The van der Waals surface area contributed by atoms with Gasteiger partial charge in [0.2, 0.25) is 5.95 Å². The average molecular weight is 445 g/mol. The standard InChI is InChI=1S/C28H19N3O3/c32-25(20-15-14-17-8-4-5-11-19(17)16-20)23-24(18-9-2-1-3-10-18)31(27(34)26(23)33)28-29-21-12-6-7-13-22(21)30-28/h1-16,24,32H,(H,29,30)/b25-23+. The lowest BCUT2D eigenvalue weighted by Gasteiger charge is -2.23. The van der Waals surface area contributed by atoms with Crippen LogP contribution in [-0.4, -0.2) is 26.8 Å². The molecule has 4 aromatic carbocycles. The van der Waals surface area contributed by atoms with E-state index in [-0.39, 0.29) is 17.3 Å². The second kappa shape index (κ2) is 7.71. The van der Waals surface area contributed by atoms with E-state index in [0.29, 0.717) is 16.6 Å². The normalized spacial score (nSPS) is 17.6. The second-order valence-electron chi connectivity index (χ2n) is 8.22. The third kappa shape index (κ3) is 3.08. The molecular weight excluding hydrogens is 426 g/mol. The number of para-hydroxylation sites is 2. The molecule has 0 aliphatic carbocycles. The van der Waals surface area contributed by atoms with Crippen LogP contribution in [0.15, 0.2) is 103 Å². The Balaban J connectivity index is 1.57. The van der Waals surface area contributed by atoms with Gasteiger partial charge in [-0.3, -0.25) is 14.5 Å². The van der Waals surface area contributed by atoms with Gasteiger partial charge in [0.15, 0.2) is 0 Å². The lowest BCUT2D eigenvalue weighted by Crippen LogP contribution is -2.30. The van der Waals surface area contributed by atoms with Crippen LogP contribution in [0, 0.1) is 0 Å². The Kier molecular flexibility index (Phi) is 4.52. The van der Waals surface area contributed by atoms with E-state index in [9.17, 15) is 14.7 Å². The molecule has 0 spiro atoms. The minimum Gasteiger partial charge on any atom is -0.507 e. The zero-order valence-corrected chi connectivity index (χ0v) is 18.0. The van der Waals surface area contributed by atoms with E-state index in [1.165, 1.54) is 4.90 Å². The summed E-state index contributed by atoms with van der Waals surface area (Å²) in [5.74, 6) is -1.44. The Morgan fingerprint density at radius 3 is 2.32 bits per heavy atom. The van der Waals surface area contributed by atoms with Crippen molar-refractivity contribution >= 4 is 45.2 Å². The zero-order valence-electron chi connectivity index (χ0n) is 18.0. The predicted octanol–water partition coefficient (Wildman–Crippen LogP) is 5.34. The molecule has 1 aromatic heterocycles. The number of carbonyl (C=O) groups excluding carboxylic acids is 2. The van der Waals surface area contributed by atoms with Crippen LogP contribution >= 0.6 is 0 Å². The van der Waals surface area contributed by atoms with Crippen LogP contribution in [-0.2, 0) is 9.59 Å². The van der Waals surface area contributed by atoms with Crippen LogP contribution in [0.1, 0.15) is 17.2 Å². The molecule has 5 aromatic rings. The molecule has 1 aliphatic heterocycles. The van der Waals surface area contributed by atoms with Gasteiger partial charge in [-0.1, -0.05) is 78.9 Å². The maximum absolute atomic E-state index is 13.3. The Morgan fingerprint density at radius 1 is 0.824 bits per heavy atom. The number of carbonyl (C=O) groups is 2. The minimum atomic E-state index is -0.826. The third-order valence-corrected chi connectivity index (χ3v) is 6.19. The van der Waals surface area contributed by atoms with Crippen LogP contribution in [0.4, 0.5) is 5.95 Å². The number of aliphatic hydroxyl groups is 1. The van der Waals surface area contributed by atoms with Gasteiger partial charge in [0.25, 0.3) is 5.78 Å². The Hall–Kier alpha value is -4.71. The fraction of sp³-hybridized carbons (Fsp3) is 0.0357. The first kappa shape index (κ1) is 19.9. The number of Topliss-reactive ketones (excluding diaryl/α,β-unsaturated/α-hetero) is 1. The van der Waals surface area contributed by atoms with Crippen molar-refractivity contribution < 1.29 is 14.7 Å². The molecule has 2 heterocycles. The molecule has 6 nitrogen and oxygen atoms in total. The van der Waals surface area contributed by atoms with Gasteiger partial charge in [-0.2, -0.15) is 0 Å². The molecule has 6 heteroatoms. The molecule has 1 amide bonds. The topological polar surface area (TPSA) is 86.3 Å². The van der Waals surface area contributed by atoms with Crippen LogP contribution in [0.3, 0.4) is 0 Å². The molecule has 1 aliphatic rings. The summed E-state index contributed by atoms with van der Waals surface area (Å²) in [5.41, 5.74) is 2.64. The number of benzene rings is 4. The van der Waals surface area contributed by atoms with Gasteiger partial charge in [0, 0.05) is 5.56 Å². The summed E-state index contributed by atoms with van der Waals surface area (Å²) in [6, 6.07) is 29.0. The average Bonchev–Trinajstić information content (AvgIpc) is 3.42.